The van der Waals surface area contributed by atoms with Crippen LogP contribution in [-0.2, 0) is 11.8 Å². The van der Waals surface area contributed by atoms with E-state index in [4.69, 9.17) is 4.74 Å². The van der Waals surface area contributed by atoms with E-state index < -0.39 is 11.9 Å². The molecule has 4 aromatic rings. The summed E-state index contributed by atoms with van der Waals surface area (Å²) >= 11 is 3.43. The maximum Gasteiger partial charge on any atom is 0.352 e. The van der Waals surface area contributed by atoms with E-state index in [2.05, 4.69) is 26.3 Å². The number of carboxylic acids is 1. The Hall–Kier alpha value is -4.17. The lowest BCUT2D eigenvalue weighted by atomic mass is 10.1. The van der Waals surface area contributed by atoms with Crippen molar-refractivity contribution in [1.29, 1.82) is 0 Å². The van der Waals surface area contributed by atoms with Gasteiger partial charge in [0.25, 0.3) is 5.91 Å². The maximum absolute atomic E-state index is 12.8. The number of benzene rings is 3. The van der Waals surface area contributed by atoms with E-state index in [1.54, 1.807) is 37.4 Å². The zero-order valence-electron chi connectivity index (χ0n) is 18.1. The first-order valence-electron chi connectivity index (χ1n) is 10.3. The number of rotatable bonds is 7. The van der Waals surface area contributed by atoms with Crippen molar-refractivity contribution >= 4 is 33.9 Å². The normalized spacial score (nSPS) is 11.2. The zero-order chi connectivity index (χ0) is 24.1. The lowest BCUT2D eigenvalue weighted by Crippen LogP contribution is -2.28. The minimum atomic E-state index is -1.26. The van der Waals surface area contributed by atoms with Crippen LogP contribution in [0.3, 0.4) is 0 Å². The lowest BCUT2D eigenvalue weighted by Gasteiger charge is -2.08. The molecule has 0 aliphatic rings. The predicted octanol–water partition coefficient (Wildman–Crippen LogP) is 5.50. The number of aryl methyl sites for hydroxylation is 1. The van der Waals surface area contributed by atoms with Crippen LogP contribution < -0.4 is 10.1 Å². The Morgan fingerprint density at radius 1 is 1.00 bits per heavy atom. The highest BCUT2D eigenvalue weighted by molar-refractivity contribution is 9.10. The topological polar surface area (TPSA) is 93.5 Å². The Morgan fingerprint density at radius 2 is 1.68 bits per heavy atom. The molecular weight excluding hydrogens is 498 g/mol. The van der Waals surface area contributed by atoms with Crippen LogP contribution in [0.1, 0.15) is 16.1 Å². The van der Waals surface area contributed by atoms with Gasteiger partial charge >= 0.3 is 5.97 Å². The number of para-hydroxylation sites is 1. The van der Waals surface area contributed by atoms with Crippen molar-refractivity contribution in [3.05, 3.63) is 106 Å². The first kappa shape index (κ1) is 23.0. The summed E-state index contributed by atoms with van der Waals surface area (Å²) in [5, 5.41) is 16.5. The Bertz CT molecular complexity index is 1360. The summed E-state index contributed by atoms with van der Waals surface area (Å²) in [5.74, 6) is -0.573. The van der Waals surface area contributed by atoms with Gasteiger partial charge in [0.1, 0.15) is 22.9 Å². The predicted molar refractivity (Wildman–Crippen MR) is 132 cm³/mol. The number of hydrogen-bond acceptors (Lipinski definition) is 4. The van der Waals surface area contributed by atoms with Gasteiger partial charge in [0, 0.05) is 12.6 Å². The summed E-state index contributed by atoms with van der Waals surface area (Å²) in [6, 6.07) is 25.4. The highest BCUT2D eigenvalue weighted by atomic mass is 79.9. The Balaban J connectivity index is 1.51. The molecule has 0 atom stereocenters. The van der Waals surface area contributed by atoms with Crippen molar-refractivity contribution in [2.24, 2.45) is 7.05 Å². The van der Waals surface area contributed by atoms with Gasteiger partial charge in [-0.1, -0.05) is 54.6 Å². The molecule has 0 aliphatic heterocycles. The smallest absolute Gasteiger partial charge is 0.352 e. The number of carbonyl (C=O) groups is 2. The molecule has 0 saturated heterocycles. The highest BCUT2D eigenvalue weighted by Crippen LogP contribution is 2.29. The van der Waals surface area contributed by atoms with E-state index in [0.29, 0.717) is 22.8 Å². The molecule has 1 heterocycles. The van der Waals surface area contributed by atoms with Gasteiger partial charge in [-0.25, -0.2) is 4.79 Å². The number of carboxylic acid groups (broad SMARTS) is 1. The molecule has 8 heteroatoms. The number of aromatic nitrogens is 2. The number of carbonyl (C=O) groups excluding carboxylic acids is 1. The zero-order valence-corrected chi connectivity index (χ0v) is 19.7. The molecule has 1 amide bonds. The van der Waals surface area contributed by atoms with Crippen molar-refractivity contribution in [2.45, 2.75) is 0 Å². The Morgan fingerprint density at radius 3 is 2.35 bits per heavy atom. The summed E-state index contributed by atoms with van der Waals surface area (Å²) in [7, 11) is 1.63. The van der Waals surface area contributed by atoms with Crippen LogP contribution in [0.4, 0.5) is 0 Å². The monoisotopic (exact) mass is 517 g/mol. The molecule has 1 aromatic heterocycles. The molecule has 0 bridgehead atoms. The van der Waals surface area contributed by atoms with Crippen LogP contribution in [0.15, 0.2) is 95.1 Å². The van der Waals surface area contributed by atoms with Gasteiger partial charge in [-0.15, -0.1) is 0 Å². The Kier molecular flexibility index (Phi) is 6.89. The largest absolute Gasteiger partial charge is 0.477 e. The number of ether oxygens (including phenoxy) is 1. The average Bonchev–Trinajstić information content (AvgIpc) is 3.23. The van der Waals surface area contributed by atoms with E-state index in [-0.39, 0.29) is 11.4 Å². The average molecular weight is 518 g/mol. The van der Waals surface area contributed by atoms with E-state index in [9.17, 15) is 14.7 Å². The van der Waals surface area contributed by atoms with Crippen LogP contribution in [0, 0.1) is 0 Å². The van der Waals surface area contributed by atoms with Crippen LogP contribution >= 0.6 is 15.9 Å². The van der Waals surface area contributed by atoms with Gasteiger partial charge in [0.15, 0.2) is 0 Å². The molecule has 0 unspecified atom stereocenters. The molecule has 0 radical (unpaired) electrons. The van der Waals surface area contributed by atoms with E-state index in [1.165, 1.54) is 10.8 Å². The van der Waals surface area contributed by atoms with Crippen LogP contribution in [0.5, 0.6) is 11.5 Å². The third-order valence-electron chi connectivity index (χ3n) is 4.92. The third kappa shape index (κ3) is 5.41. The molecular formula is C26H20BrN3O4. The van der Waals surface area contributed by atoms with Gasteiger partial charge < -0.3 is 15.2 Å². The van der Waals surface area contributed by atoms with Gasteiger partial charge in [-0.3, -0.25) is 9.48 Å². The summed E-state index contributed by atoms with van der Waals surface area (Å²) in [6.45, 7) is 0. The van der Waals surface area contributed by atoms with Gasteiger partial charge in [0.2, 0.25) is 0 Å². The molecule has 34 heavy (non-hydrogen) atoms. The first-order valence-corrected chi connectivity index (χ1v) is 11.1. The highest BCUT2D eigenvalue weighted by Gasteiger charge is 2.18. The van der Waals surface area contributed by atoms with Crippen molar-refractivity contribution < 1.29 is 19.4 Å². The minimum absolute atomic E-state index is 0.239. The first-order chi connectivity index (χ1) is 16.4. The second-order valence-electron chi connectivity index (χ2n) is 7.32. The van der Waals surface area contributed by atoms with E-state index in [1.807, 2.05) is 54.6 Å². The van der Waals surface area contributed by atoms with E-state index >= 15 is 0 Å². The van der Waals surface area contributed by atoms with Crippen molar-refractivity contribution in [3.63, 3.8) is 0 Å². The summed E-state index contributed by atoms with van der Waals surface area (Å²) < 4.78 is 8.07. The Labute approximate surface area is 204 Å². The van der Waals surface area contributed by atoms with Gasteiger partial charge in [0.05, 0.1) is 10.2 Å². The standard InChI is InChI=1S/C26H20BrN3O4/c1-30-23(16-21(29-30)18-7-3-2-4-8-18)25(31)28-22(26(32)33)15-17-11-13-19(14-12-17)34-24-10-6-5-9-20(24)27/h2-16H,1H3,(H,28,31)(H,32,33). The SMILES string of the molecule is Cn1nc(-c2ccccc2)cc1C(=O)NC(=Cc1ccc(Oc2ccccc2Br)cc1)C(=O)O. The van der Waals surface area contributed by atoms with Crippen LogP contribution in [0.2, 0.25) is 0 Å². The molecule has 0 aliphatic carbocycles. The summed E-state index contributed by atoms with van der Waals surface area (Å²) in [4.78, 5) is 24.6. The van der Waals surface area contributed by atoms with Gasteiger partial charge in [-0.2, -0.15) is 5.10 Å². The molecule has 4 rings (SSSR count). The fourth-order valence-corrected chi connectivity index (χ4v) is 3.59. The fraction of sp³-hybridized carbons (Fsp3) is 0.0385. The van der Waals surface area contributed by atoms with Gasteiger partial charge in [-0.05, 0) is 57.9 Å². The number of nitrogens with zero attached hydrogens (tertiary/aromatic N) is 2. The van der Waals surface area contributed by atoms with Crippen molar-refractivity contribution in [2.75, 3.05) is 0 Å². The summed E-state index contributed by atoms with van der Waals surface area (Å²) in [5.41, 5.74) is 2.05. The van der Waals surface area contributed by atoms with E-state index in [0.717, 1.165) is 10.0 Å². The van der Waals surface area contributed by atoms with Crippen LogP contribution in [-0.4, -0.2) is 26.8 Å². The molecule has 0 spiro atoms. The molecule has 2 N–H and O–H groups in total. The quantitative estimate of drug-likeness (QED) is 0.316. The second-order valence-corrected chi connectivity index (χ2v) is 8.18. The lowest BCUT2D eigenvalue weighted by molar-refractivity contribution is -0.132. The van der Waals surface area contributed by atoms with Crippen molar-refractivity contribution in [3.8, 4) is 22.8 Å². The molecule has 3 aromatic carbocycles. The summed E-state index contributed by atoms with van der Waals surface area (Å²) in [6.07, 6.45) is 1.39. The number of amides is 1. The number of aliphatic carboxylic acids is 1. The number of halogens is 1. The number of hydrogen-bond donors (Lipinski definition) is 2. The number of nitrogens with one attached hydrogen (secondary N) is 1. The van der Waals surface area contributed by atoms with Crippen molar-refractivity contribution in [1.82, 2.24) is 15.1 Å². The second kappa shape index (κ2) is 10.2. The molecule has 7 nitrogen and oxygen atoms in total. The maximum atomic E-state index is 12.8. The molecule has 0 fully saturated rings. The minimum Gasteiger partial charge on any atom is -0.477 e. The third-order valence-corrected chi connectivity index (χ3v) is 5.57. The van der Waals surface area contributed by atoms with Crippen LogP contribution in [0.25, 0.3) is 17.3 Å². The molecule has 170 valence electrons. The fourth-order valence-electron chi connectivity index (χ4n) is 3.22. The molecule has 0 saturated carbocycles.